The average Bonchev–Trinajstić information content (AvgIpc) is 3.43. The van der Waals surface area contributed by atoms with Crippen LogP contribution in [-0.2, 0) is 36.2 Å². The third-order valence-electron chi connectivity index (χ3n) is 14.6. The first-order chi connectivity index (χ1) is 39.1. The van der Waals surface area contributed by atoms with Crippen LogP contribution in [0.5, 0.6) is 0 Å². The van der Waals surface area contributed by atoms with E-state index >= 15 is 0 Å². The zero-order chi connectivity index (χ0) is 59.6. The molecule has 0 heterocycles. The van der Waals surface area contributed by atoms with E-state index in [4.69, 9.17) is 0 Å². The average molecular weight is 1210 g/mol. The van der Waals surface area contributed by atoms with Gasteiger partial charge in [0.2, 0.25) is 0 Å². The van der Waals surface area contributed by atoms with Crippen molar-refractivity contribution in [3.63, 3.8) is 0 Å². The number of rotatable bonds is 60. The second-order valence-electron chi connectivity index (χ2n) is 22.8. The van der Waals surface area contributed by atoms with E-state index < -0.39 is 23.9 Å². The summed E-state index contributed by atoms with van der Waals surface area (Å²) >= 11 is 0. The minimum absolute atomic E-state index is 0. The predicted molar refractivity (Wildman–Crippen MR) is 344 cm³/mol. The Balaban J connectivity index is -0.000000233. The Kier molecular flexibility index (Phi) is 97.9. The maximum Gasteiger partial charge on any atom is 2.00 e. The van der Waals surface area contributed by atoms with Crippen molar-refractivity contribution in [3.8, 4) is 0 Å². The van der Waals surface area contributed by atoms with Gasteiger partial charge in [-0.2, -0.15) is 0 Å². The smallest absolute Gasteiger partial charge is 0.550 e. The molecule has 0 aliphatic rings. The SMILES string of the molecule is CCCCCCCC/C=C\CCCCCCCC(=O)[O-].CCCCCCCC/C=C\CCCCCCCC(=O)[O-].CCCCCCCC/C=C\CCCCCCCC(=O)[O-].CCCCCCCC/C=C\CCCCCCCC(=O)[O-].[Fe+2].[Mg+2]. The predicted octanol–water partition coefficient (Wildman–Crippen LogP) is 18.7. The second kappa shape index (κ2) is 87.9. The molecule has 10 heteroatoms. The van der Waals surface area contributed by atoms with E-state index in [0.717, 1.165) is 77.0 Å². The molecule has 0 saturated carbocycles. The van der Waals surface area contributed by atoms with Gasteiger partial charge in [-0.25, -0.2) is 0 Å². The Morgan fingerprint density at radius 2 is 0.317 bits per heavy atom. The Bertz CT molecular complexity index is 1150. The second-order valence-corrected chi connectivity index (χ2v) is 22.8. The van der Waals surface area contributed by atoms with Crippen LogP contribution in [0.25, 0.3) is 0 Å². The summed E-state index contributed by atoms with van der Waals surface area (Å²) in [5.74, 6) is -3.66. The van der Waals surface area contributed by atoms with Gasteiger partial charge in [0.1, 0.15) is 0 Å². The fourth-order valence-electron chi connectivity index (χ4n) is 9.36. The number of carbonyl (C=O) groups excluding carboxylic acids is 4. The van der Waals surface area contributed by atoms with Gasteiger partial charge in [0.15, 0.2) is 0 Å². The van der Waals surface area contributed by atoms with Gasteiger partial charge in [-0.15, -0.1) is 0 Å². The fourth-order valence-corrected chi connectivity index (χ4v) is 9.36. The summed E-state index contributed by atoms with van der Waals surface area (Å²) in [4.78, 5) is 40.9. The van der Waals surface area contributed by atoms with Gasteiger partial charge in [0.05, 0.1) is 0 Å². The first-order valence-electron chi connectivity index (χ1n) is 34.5. The van der Waals surface area contributed by atoms with Crippen molar-refractivity contribution in [3.05, 3.63) is 48.6 Å². The first-order valence-corrected chi connectivity index (χ1v) is 34.5. The molecule has 8 nitrogen and oxygen atoms in total. The van der Waals surface area contributed by atoms with E-state index in [-0.39, 0.29) is 65.8 Å². The van der Waals surface area contributed by atoms with Crippen molar-refractivity contribution < 1.29 is 56.7 Å². The summed E-state index contributed by atoms with van der Waals surface area (Å²) in [5.41, 5.74) is 0. The van der Waals surface area contributed by atoms with Gasteiger partial charge in [-0.05, 0) is 154 Å². The number of carbonyl (C=O) groups is 4. The van der Waals surface area contributed by atoms with Crippen molar-refractivity contribution in [2.75, 3.05) is 0 Å². The summed E-state index contributed by atoms with van der Waals surface area (Å²) in [6, 6.07) is 0. The molecule has 0 N–H and O–H groups in total. The zero-order valence-corrected chi connectivity index (χ0v) is 57.1. The van der Waals surface area contributed by atoms with Crippen LogP contribution < -0.4 is 20.4 Å². The molecule has 0 unspecified atom stereocenters. The Morgan fingerprint density at radius 3 is 0.439 bits per heavy atom. The van der Waals surface area contributed by atoms with Gasteiger partial charge in [-0.1, -0.05) is 282 Å². The number of unbranched alkanes of at least 4 members (excludes halogenated alkanes) is 44. The van der Waals surface area contributed by atoms with Crippen molar-refractivity contribution in [2.24, 2.45) is 0 Å². The van der Waals surface area contributed by atoms with Gasteiger partial charge in [0, 0.05) is 23.9 Å². The molecule has 0 fully saturated rings. The third kappa shape index (κ3) is 106. The minimum atomic E-state index is -0.914. The van der Waals surface area contributed by atoms with Crippen LogP contribution in [0.1, 0.15) is 387 Å². The number of carboxylic acid groups (broad SMARTS) is 4. The molecule has 0 spiro atoms. The van der Waals surface area contributed by atoms with E-state index in [1.54, 1.807) is 0 Å². The molecule has 478 valence electrons. The summed E-state index contributed by atoms with van der Waals surface area (Å²) in [5, 5.41) is 40.9. The van der Waals surface area contributed by atoms with E-state index in [1.165, 1.54) is 257 Å². The number of allylic oxidation sites excluding steroid dienone is 8. The molecule has 0 aromatic heterocycles. The fraction of sp³-hybridized carbons (Fsp3) is 0.833. The summed E-state index contributed by atoms with van der Waals surface area (Å²) in [6.45, 7) is 9.02. The largest absolute Gasteiger partial charge is 2.00 e. The molecule has 0 atom stereocenters. The molecule has 0 aliphatic heterocycles. The summed E-state index contributed by atoms with van der Waals surface area (Å²) in [6.07, 6.45) is 83.6. The van der Waals surface area contributed by atoms with Crippen LogP contribution in [0.2, 0.25) is 0 Å². The Morgan fingerprint density at radius 1 is 0.207 bits per heavy atom. The number of aliphatic carboxylic acids is 4. The van der Waals surface area contributed by atoms with Gasteiger partial charge in [0.25, 0.3) is 0 Å². The van der Waals surface area contributed by atoms with Crippen LogP contribution in [0, 0.1) is 0 Å². The molecule has 0 aliphatic carbocycles. The van der Waals surface area contributed by atoms with Crippen molar-refractivity contribution in [1.82, 2.24) is 0 Å². The van der Waals surface area contributed by atoms with Crippen LogP contribution in [0.4, 0.5) is 0 Å². The molecule has 0 aromatic carbocycles. The standard InChI is InChI=1S/4C18H34O2.Fe.Mg/c4*1-2-3-4-5-6-7-8-9-10-11-12-13-14-15-16-17-18(19)20;;/h4*9-10H,2-8,11-17H2,1H3,(H,19,20);;/q;;;;2*+2/p-4/b4*10-9-;;. The third-order valence-corrected chi connectivity index (χ3v) is 14.6. The Hall–Kier alpha value is -1.87. The maximum absolute atomic E-state index is 10.2. The number of hydrogen-bond donors (Lipinski definition) is 0. The molecular weight excluding hydrogens is 1070 g/mol. The van der Waals surface area contributed by atoms with Crippen molar-refractivity contribution >= 4 is 46.9 Å². The summed E-state index contributed by atoms with van der Waals surface area (Å²) < 4.78 is 0. The zero-order valence-electron chi connectivity index (χ0n) is 54.5. The van der Waals surface area contributed by atoms with Crippen LogP contribution in [-0.4, -0.2) is 46.9 Å². The van der Waals surface area contributed by atoms with Crippen LogP contribution in [0.3, 0.4) is 0 Å². The topological polar surface area (TPSA) is 161 Å². The van der Waals surface area contributed by atoms with Crippen molar-refractivity contribution in [2.45, 2.75) is 387 Å². The Labute approximate surface area is 536 Å². The monoisotopic (exact) mass is 1200 g/mol. The van der Waals surface area contributed by atoms with E-state index in [2.05, 4.69) is 76.3 Å². The summed E-state index contributed by atoms with van der Waals surface area (Å²) in [7, 11) is 0. The molecule has 0 aromatic rings. The first kappa shape index (κ1) is 91.3. The van der Waals surface area contributed by atoms with Gasteiger partial charge >= 0.3 is 40.1 Å². The van der Waals surface area contributed by atoms with E-state index in [9.17, 15) is 39.6 Å². The number of carboxylic acids is 4. The molecular formula is C72H132FeMgO8. The van der Waals surface area contributed by atoms with Gasteiger partial charge < -0.3 is 39.6 Å². The quantitative estimate of drug-likeness (QED) is 0.0330. The van der Waals surface area contributed by atoms with Crippen LogP contribution >= 0.6 is 0 Å². The number of hydrogen-bond acceptors (Lipinski definition) is 8. The maximum atomic E-state index is 10.2. The van der Waals surface area contributed by atoms with E-state index in [1.807, 2.05) is 0 Å². The normalized spacial score (nSPS) is 11.0. The van der Waals surface area contributed by atoms with E-state index in [0.29, 0.717) is 0 Å². The molecule has 82 heavy (non-hydrogen) atoms. The van der Waals surface area contributed by atoms with Crippen LogP contribution in [0.15, 0.2) is 48.6 Å². The minimum Gasteiger partial charge on any atom is -0.550 e. The molecule has 0 rings (SSSR count). The molecule has 0 saturated heterocycles. The molecule has 0 bridgehead atoms. The van der Waals surface area contributed by atoms with Crippen molar-refractivity contribution in [1.29, 1.82) is 0 Å². The molecule has 0 radical (unpaired) electrons. The van der Waals surface area contributed by atoms with Gasteiger partial charge in [-0.3, -0.25) is 0 Å². The molecule has 0 amide bonds.